The molecule has 0 aromatic carbocycles. The quantitative estimate of drug-likeness (QED) is 0.345. The maximum Gasteiger partial charge on any atom is 0.333 e. The molecule has 0 aliphatic carbocycles. The second kappa shape index (κ2) is 3.53. The molecule has 0 aromatic rings. The average molecular weight is 156 g/mol. The Bertz CT molecular complexity index is 170. The Morgan fingerprint density at radius 3 is 2.91 bits per heavy atom. The second-order valence-corrected chi connectivity index (χ2v) is 2.59. The molecule has 1 fully saturated rings. The number of esters is 1. The molecular formula is C8H12O3. The van der Waals surface area contributed by atoms with Crippen LogP contribution in [0, 0.1) is 0 Å². The maximum absolute atomic E-state index is 10.8. The number of carbonyl (C=O) groups excluding carboxylic acids is 1. The SMILES string of the molecule is C=C(CCC1CO1)C(=O)OC. The van der Waals surface area contributed by atoms with Crippen molar-refractivity contribution in [3.63, 3.8) is 0 Å². The van der Waals surface area contributed by atoms with Crippen molar-refractivity contribution in [2.45, 2.75) is 18.9 Å². The van der Waals surface area contributed by atoms with Crippen LogP contribution in [0.4, 0.5) is 0 Å². The molecule has 0 spiro atoms. The Kier molecular flexibility index (Phi) is 2.65. The fourth-order valence-electron chi connectivity index (χ4n) is 0.816. The molecule has 0 bridgehead atoms. The molecule has 1 atom stereocenters. The first kappa shape index (κ1) is 8.27. The smallest absolute Gasteiger partial charge is 0.333 e. The summed E-state index contributed by atoms with van der Waals surface area (Å²) in [6.45, 7) is 4.42. The summed E-state index contributed by atoms with van der Waals surface area (Å²) in [5, 5.41) is 0. The van der Waals surface area contributed by atoms with Gasteiger partial charge in [-0.05, 0) is 12.8 Å². The van der Waals surface area contributed by atoms with Crippen molar-refractivity contribution in [1.29, 1.82) is 0 Å². The molecule has 11 heavy (non-hydrogen) atoms. The summed E-state index contributed by atoms with van der Waals surface area (Å²) in [7, 11) is 1.36. The molecule has 1 heterocycles. The van der Waals surface area contributed by atoms with E-state index >= 15 is 0 Å². The van der Waals surface area contributed by atoms with E-state index in [0.717, 1.165) is 13.0 Å². The van der Waals surface area contributed by atoms with Crippen LogP contribution >= 0.6 is 0 Å². The van der Waals surface area contributed by atoms with Crippen molar-refractivity contribution < 1.29 is 14.3 Å². The van der Waals surface area contributed by atoms with Crippen molar-refractivity contribution in [3.05, 3.63) is 12.2 Å². The van der Waals surface area contributed by atoms with Gasteiger partial charge in [-0.3, -0.25) is 0 Å². The van der Waals surface area contributed by atoms with E-state index in [0.29, 0.717) is 18.1 Å². The van der Waals surface area contributed by atoms with Gasteiger partial charge >= 0.3 is 5.97 Å². The zero-order valence-electron chi connectivity index (χ0n) is 6.63. The minimum Gasteiger partial charge on any atom is -0.466 e. The van der Waals surface area contributed by atoms with Gasteiger partial charge in [0.25, 0.3) is 0 Å². The summed E-state index contributed by atoms with van der Waals surface area (Å²) in [5.74, 6) is -0.314. The Labute approximate surface area is 66.0 Å². The molecule has 1 rings (SSSR count). The highest BCUT2D eigenvalue weighted by Crippen LogP contribution is 2.18. The summed E-state index contributed by atoms with van der Waals surface area (Å²) in [5.41, 5.74) is 0.531. The molecule has 0 amide bonds. The first-order chi connectivity index (χ1) is 5.24. The number of hydrogen-bond donors (Lipinski definition) is 0. The molecule has 62 valence electrons. The number of carbonyl (C=O) groups is 1. The van der Waals surface area contributed by atoms with E-state index in [1.165, 1.54) is 7.11 Å². The Morgan fingerprint density at radius 2 is 2.45 bits per heavy atom. The van der Waals surface area contributed by atoms with E-state index in [1.54, 1.807) is 0 Å². The van der Waals surface area contributed by atoms with E-state index < -0.39 is 0 Å². The monoisotopic (exact) mass is 156 g/mol. The third-order valence-electron chi connectivity index (χ3n) is 1.64. The summed E-state index contributed by atoms with van der Waals surface area (Å²) in [6.07, 6.45) is 1.92. The van der Waals surface area contributed by atoms with E-state index in [2.05, 4.69) is 11.3 Å². The van der Waals surface area contributed by atoms with Crippen LogP contribution in [0.5, 0.6) is 0 Å². The van der Waals surface area contributed by atoms with Crippen molar-refractivity contribution in [3.8, 4) is 0 Å². The van der Waals surface area contributed by atoms with Gasteiger partial charge in [0.05, 0.1) is 19.8 Å². The van der Waals surface area contributed by atoms with Crippen molar-refractivity contribution in [1.82, 2.24) is 0 Å². The molecule has 3 nitrogen and oxygen atoms in total. The highest BCUT2D eigenvalue weighted by molar-refractivity contribution is 5.87. The Morgan fingerprint density at radius 1 is 1.82 bits per heavy atom. The molecule has 0 aromatic heterocycles. The van der Waals surface area contributed by atoms with Gasteiger partial charge in [0.1, 0.15) is 0 Å². The summed E-state index contributed by atoms with van der Waals surface area (Å²) in [6, 6.07) is 0. The van der Waals surface area contributed by atoms with Crippen molar-refractivity contribution >= 4 is 5.97 Å². The van der Waals surface area contributed by atoms with Gasteiger partial charge in [-0.15, -0.1) is 0 Å². The van der Waals surface area contributed by atoms with Gasteiger partial charge in [0, 0.05) is 5.57 Å². The molecular weight excluding hydrogens is 144 g/mol. The third-order valence-corrected chi connectivity index (χ3v) is 1.64. The first-order valence-electron chi connectivity index (χ1n) is 3.61. The van der Waals surface area contributed by atoms with Gasteiger partial charge in [0.2, 0.25) is 0 Å². The molecule has 0 radical (unpaired) electrons. The number of hydrogen-bond acceptors (Lipinski definition) is 3. The fourth-order valence-corrected chi connectivity index (χ4v) is 0.816. The van der Waals surface area contributed by atoms with E-state index in [9.17, 15) is 4.79 Å². The summed E-state index contributed by atoms with van der Waals surface area (Å²) < 4.78 is 9.46. The second-order valence-electron chi connectivity index (χ2n) is 2.59. The summed E-state index contributed by atoms with van der Waals surface area (Å²) in [4.78, 5) is 10.8. The fraction of sp³-hybridized carbons (Fsp3) is 0.625. The standard InChI is InChI=1S/C8H12O3/c1-6(8(9)10-2)3-4-7-5-11-7/h7H,1,3-5H2,2H3. The molecule has 1 aliphatic heterocycles. The van der Waals surface area contributed by atoms with Crippen LogP contribution in [0.25, 0.3) is 0 Å². The van der Waals surface area contributed by atoms with Gasteiger partial charge in [0.15, 0.2) is 0 Å². The molecule has 0 N–H and O–H groups in total. The maximum atomic E-state index is 10.8. The Balaban J connectivity index is 2.13. The van der Waals surface area contributed by atoms with Crippen LogP contribution in [0.2, 0.25) is 0 Å². The highest BCUT2D eigenvalue weighted by atomic mass is 16.6. The predicted octanol–water partition coefficient (Wildman–Crippen LogP) is 0.895. The molecule has 0 saturated carbocycles. The normalized spacial score (nSPS) is 21.0. The van der Waals surface area contributed by atoms with Crippen LogP contribution in [0.3, 0.4) is 0 Å². The van der Waals surface area contributed by atoms with Crippen LogP contribution in [0.15, 0.2) is 12.2 Å². The van der Waals surface area contributed by atoms with Crippen LogP contribution in [-0.4, -0.2) is 25.8 Å². The Hall–Kier alpha value is -0.830. The van der Waals surface area contributed by atoms with Gasteiger partial charge in [-0.1, -0.05) is 6.58 Å². The number of ether oxygens (including phenoxy) is 2. The number of epoxide rings is 1. The lowest BCUT2D eigenvalue weighted by Crippen LogP contribution is -2.04. The van der Waals surface area contributed by atoms with E-state index in [4.69, 9.17) is 4.74 Å². The topological polar surface area (TPSA) is 38.8 Å². The van der Waals surface area contributed by atoms with Crippen LogP contribution in [0.1, 0.15) is 12.8 Å². The number of rotatable bonds is 4. The number of methoxy groups -OCH3 is 1. The lowest BCUT2D eigenvalue weighted by Gasteiger charge is -2.00. The van der Waals surface area contributed by atoms with Crippen molar-refractivity contribution in [2.75, 3.05) is 13.7 Å². The van der Waals surface area contributed by atoms with Crippen LogP contribution < -0.4 is 0 Å². The lowest BCUT2D eigenvalue weighted by molar-refractivity contribution is -0.136. The van der Waals surface area contributed by atoms with Gasteiger partial charge in [-0.2, -0.15) is 0 Å². The lowest BCUT2D eigenvalue weighted by atomic mass is 10.1. The zero-order valence-corrected chi connectivity index (χ0v) is 6.63. The van der Waals surface area contributed by atoms with E-state index in [1.807, 2.05) is 0 Å². The van der Waals surface area contributed by atoms with Gasteiger partial charge < -0.3 is 9.47 Å². The zero-order chi connectivity index (χ0) is 8.27. The highest BCUT2D eigenvalue weighted by Gasteiger charge is 2.22. The van der Waals surface area contributed by atoms with E-state index in [-0.39, 0.29) is 5.97 Å². The van der Waals surface area contributed by atoms with Gasteiger partial charge in [-0.25, -0.2) is 4.79 Å². The van der Waals surface area contributed by atoms with Crippen molar-refractivity contribution in [2.24, 2.45) is 0 Å². The average Bonchev–Trinajstić information content (AvgIpc) is 2.81. The third kappa shape index (κ3) is 2.72. The predicted molar refractivity (Wildman–Crippen MR) is 40.1 cm³/mol. The largest absolute Gasteiger partial charge is 0.466 e. The minimum atomic E-state index is -0.314. The first-order valence-corrected chi connectivity index (χ1v) is 3.61. The van der Waals surface area contributed by atoms with Crippen LogP contribution in [-0.2, 0) is 14.3 Å². The molecule has 1 aliphatic rings. The molecule has 1 saturated heterocycles. The molecule has 1 unspecified atom stereocenters. The minimum absolute atomic E-state index is 0.314. The molecule has 3 heteroatoms. The summed E-state index contributed by atoms with van der Waals surface area (Å²) >= 11 is 0.